The lowest BCUT2D eigenvalue weighted by Gasteiger charge is -2.04. The lowest BCUT2D eigenvalue weighted by molar-refractivity contribution is 0.239. The Balaban J connectivity index is 0. The predicted molar refractivity (Wildman–Crippen MR) is 39.3 cm³/mol. The molecule has 7 heavy (non-hydrogen) atoms. The van der Waals surface area contributed by atoms with Crippen LogP contribution in [0.1, 0.15) is 20.3 Å². The van der Waals surface area contributed by atoms with Gasteiger partial charge < -0.3 is 3.79 Å². The lowest BCUT2D eigenvalue weighted by Crippen LogP contribution is -2.01. The van der Waals surface area contributed by atoms with E-state index in [1.54, 1.807) is 0 Å². The molecule has 0 aliphatic rings. The fourth-order valence-corrected chi connectivity index (χ4v) is 0.500. The largest absolute Gasteiger partial charge is 0.504 e. The average Bonchev–Trinajstić information content (AvgIpc) is 1.65. The van der Waals surface area contributed by atoms with Gasteiger partial charge in [-0.3, -0.25) is 0 Å². The Kier molecular flexibility index (Phi) is 10.9. The third-order valence-corrected chi connectivity index (χ3v) is 1.78. The minimum Gasteiger partial charge on any atom is -0.504 e. The van der Waals surface area contributed by atoms with Crippen LogP contribution in [0.5, 0.6) is 0 Å². The molecule has 0 fully saturated rings. The Morgan fingerprint density at radius 1 is 1.71 bits per heavy atom. The number of hydrogen-bond donors (Lipinski definition) is 0. The Morgan fingerprint density at radius 2 is 2.14 bits per heavy atom. The molecule has 0 saturated heterocycles. The van der Waals surface area contributed by atoms with Crippen molar-refractivity contribution in [3.8, 4) is 0 Å². The lowest BCUT2D eigenvalue weighted by atomic mass is 10.3. The van der Waals surface area contributed by atoms with Gasteiger partial charge in [0, 0.05) is 6.10 Å². The Morgan fingerprint density at radius 3 is 2.14 bits per heavy atom. The summed E-state index contributed by atoms with van der Waals surface area (Å²) in [4.78, 5) is 0. The van der Waals surface area contributed by atoms with Gasteiger partial charge in [-0.1, -0.05) is 6.92 Å². The molecule has 0 radical (unpaired) electrons. The topological polar surface area (TPSA) is 9.23 Å². The van der Waals surface area contributed by atoms with Crippen molar-refractivity contribution in [3.63, 3.8) is 0 Å². The van der Waals surface area contributed by atoms with Crippen molar-refractivity contribution in [1.29, 1.82) is 0 Å². The average molecular weight is 132 g/mol. The number of hydrogen-bond acceptors (Lipinski definition) is 1. The summed E-state index contributed by atoms with van der Waals surface area (Å²) in [6.07, 6.45) is 1.64. The summed E-state index contributed by atoms with van der Waals surface area (Å²) in [5.41, 5.74) is 0. The summed E-state index contributed by atoms with van der Waals surface area (Å²) in [7, 11) is 0. The molecule has 0 aromatic carbocycles. The van der Waals surface area contributed by atoms with Gasteiger partial charge in [-0.2, -0.15) is 0 Å². The van der Waals surface area contributed by atoms with E-state index in [0.29, 0.717) is 6.10 Å². The maximum atomic E-state index is 5.04. The molecule has 0 aliphatic heterocycles. The van der Waals surface area contributed by atoms with Crippen LogP contribution in [0.15, 0.2) is 0 Å². The van der Waals surface area contributed by atoms with Gasteiger partial charge in [0.05, 0.1) is 0 Å². The first-order valence-electron chi connectivity index (χ1n) is 2.34. The molecule has 1 atom stereocenters. The molecular formula is C4H14Al2O. The van der Waals surface area contributed by atoms with Crippen LogP contribution in [-0.2, 0) is 3.79 Å². The van der Waals surface area contributed by atoms with Crippen LogP contribution in [-0.4, -0.2) is 40.1 Å². The van der Waals surface area contributed by atoms with Gasteiger partial charge in [0.25, 0.3) is 0 Å². The van der Waals surface area contributed by atoms with Gasteiger partial charge >= 0.3 is 16.6 Å². The first-order valence-corrected chi connectivity index (χ1v) is 3.15. The van der Waals surface area contributed by atoms with Gasteiger partial charge in [-0.15, -0.1) is 0 Å². The van der Waals surface area contributed by atoms with Crippen LogP contribution in [0.2, 0.25) is 0 Å². The van der Waals surface area contributed by atoms with Crippen LogP contribution in [0.25, 0.3) is 0 Å². The summed E-state index contributed by atoms with van der Waals surface area (Å²) in [6.45, 7) is 4.22. The minimum atomic E-state index is 0. The summed E-state index contributed by atoms with van der Waals surface area (Å²) in [6, 6.07) is 0. The highest BCUT2D eigenvalue weighted by Crippen LogP contribution is 1.89. The van der Waals surface area contributed by atoms with Crippen LogP contribution < -0.4 is 0 Å². The highest BCUT2D eigenvalue weighted by atomic mass is 27.1. The van der Waals surface area contributed by atoms with E-state index >= 15 is 0 Å². The van der Waals surface area contributed by atoms with E-state index in [2.05, 4.69) is 13.8 Å². The van der Waals surface area contributed by atoms with Gasteiger partial charge in [0.1, 0.15) is 0 Å². The predicted octanol–water partition coefficient (Wildman–Crippen LogP) is -0.834. The molecule has 0 bridgehead atoms. The molecule has 42 valence electrons. The molecule has 1 nitrogen and oxygen atoms in total. The standard InChI is InChI=1S/C4H9O.2Al.5H/c1-3-4(2)5;;;;;;;/h4H,3H2,1-2H3;;;;;;;/q-1;;+1;;;;;. The molecule has 3 heteroatoms. The maximum absolute atomic E-state index is 5.04. The van der Waals surface area contributed by atoms with Gasteiger partial charge in [-0.25, -0.2) is 0 Å². The third kappa shape index (κ3) is 7.02. The van der Waals surface area contributed by atoms with Gasteiger partial charge in [0.15, 0.2) is 17.4 Å². The second kappa shape index (κ2) is 7.02. The van der Waals surface area contributed by atoms with Gasteiger partial charge in [0.2, 0.25) is 0 Å². The highest BCUT2D eigenvalue weighted by molar-refractivity contribution is 5.98. The van der Waals surface area contributed by atoms with E-state index in [1.807, 2.05) is 0 Å². The Hall–Kier alpha value is 1.02. The van der Waals surface area contributed by atoms with Crippen molar-refractivity contribution in [2.45, 2.75) is 26.4 Å². The second-order valence-corrected chi connectivity index (χ2v) is 1.93. The summed E-state index contributed by atoms with van der Waals surface area (Å²) in [5.74, 6) is 0. The SMILES string of the molecule is CCC(C)[O][AlH2].[AlH3]. The van der Waals surface area contributed by atoms with E-state index < -0.39 is 0 Å². The van der Waals surface area contributed by atoms with Gasteiger partial charge in [-0.05, 0) is 13.3 Å². The summed E-state index contributed by atoms with van der Waals surface area (Å²) >= 11 is 0.882. The Labute approximate surface area is 64.3 Å². The molecule has 0 heterocycles. The van der Waals surface area contributed by atoms with Crippen molar-refractivity contribution < 1.29 is 3.79 Å². The molecule has 0 aliphatic carbocycles. The maximum Gasteiger partial charge on any atom is 0.410 e. The van der Waals surface area contributed by atoms with Crippen molar-refractivity contribution >= 4 is 34.0 Å². The minimum absolute atomic E-state index is 0. The first-order chi connectivity index (χ1) is 2.81. The molecule has 0 aromatic rings. The monoisotopic (exact) mass is 132 g/mol. The molecule has 0 spiro atoms. The quantitative estimate of drug-likeness (QED) is 0.445. The molecule has 0 rings (SSSR count). The molecule has 0 amide bonds. The third-order valence-electron chi connectivity index (χ3n) is 0.977. The fraction of sp³-hybridized carbons (Fsp3) is 1.00. The van der Waals surface area contributed by atoms with Crippen molar-refractivity contribution in [3.05, 3.63) is 0 Å². The van der Waals surface area contributed by atoms with E-state index in [0.717, 1.165) is 23.0 Å². The highest BCUT2D eigenvalue weighted by Gasteiger charge is 1.87. The summed E-state index contributed by atoms with van der Waals surface area (Å²) < 4.78 is 5.04. The Bertz CT molecular complexity index is 28.9. The first kappa shape index (κ1) is 10.9. The normalized spacial score (nSPS) is 12.3. The van der Waals surface area contributed by atoms with Crippen molar-refractivity contribution in [2.24, 2.45) is 0 Å². The smallest absolute Gasteiger partial charge is 0.410 e. The van der Waals surface area contributed by atoms with E-state index in [1.165, 1.54) is 0 Å². The van der Waals surface area contributed by atoms with Crippen LogP contribution >= 0.6 is 0 Å². The number of rotatable bonds is 2. The van der Waals surface area contributed by atoms with Crippen LogP contribution in [0, 0.1) is 0 Å². The fourth-order valence-electron chi connectivity index (χ4n) is 0.167. The van der Waals surface area contributed by atoms with E-state index in [-0.39, 0.29) is 17.4 Å². The molecule has 0 aromatic heterocycles. The van der Waals surface area contributed by atoms with Crippen molar-refractivity contribution in [2.75, 3.05) is 0 Å². The summed E-state index contributed by atoms with van der Waals surface area (Å²) in [5, 5.41) is 0. The zero-order chi connectivity index (χ0) is 4.99. The van der Waals surface area contributed by atoms with Crippen LogP contribution in [0.4, 0.5) is 0 Å². The zero-order valence-corrected chi connectivity index (χ0v) is 6.69. The zero-order valence-electron chi connectivity index (χ0n) is 4.69. The van der Waals surface area contributed by atoms with Crippen LogP contribution in [0.3, 0.4) is 0 Å². The molecule has 1 unspecified atom stereocenters. The second-order valence-electron chi connectivity index (χ2n) is 1.45. The van der Waals surface area contributed by atoms with E-state index in [4.69, 9.17) is 3.79 Å². The van der Waals surface area contributed by atoms with E-state index in [9.17, 15) is 0 Å². The molecular weight excluding hydrogens is 118 g/mol. The van der Waals surface area contributed by atoms with Crippen molar-refractivity contribution in [1.82, 2.24) is 0 Å². The molecule has 0 N–H and O–H groups in total. The molecule has 0 saturated carbocycles.